The Morgan fingerprint density at radius 2 is 2.17 bits per heavy atom. The molecule has 2 aromatic heterocycles. The van der Waals surface area contributed by atoms with E-state index < -0.39 is 0 Å². The van der Waals surface area contributed by atoms with Crippen LogP contribution < -0.4 is 11.0 Å². The first-order valence-electron chi connectivity index (χ1n) is 6.11. The second-order valence-electron chi connectivity index (χ2n) is 4.69. The molecule has 5 nitrogen and oxygen atoms in total. The van der Waals surface area contributed by atoms with Crippen molar-refractivity contribution in [3.63, 3.8) is 0 Å². The summed E-state index contributed by atoms with van der Waals surface area (Å²) in [5, 5.41) is 3.32. The number of aryl methyl sites for hydroxylation is 1. The van der Waals surface area contributed by atoms with Crippen molar-refractivity contribution < 1.29 is 0 Å². The second-order valence-corrected chi connectivity index (χ2v) is 5.60. The molecule has 18 heavy (non-hydrogen) atoms. The average Bonchev–Trinajstić information content (AvgIpc) is 2.64. The van der Waals surface area contributed by atoms with Gasteiger partial charge in [-0.05, 0) is 47.9 Å². The van der Waals surface area contributed by atoms with Gasteiger partial charge in [-0.2, -0.15) is 0 Å². The number of halogens is 1. The summed E-state index contributed by atoms with van der Waals surface area (Å²) < 4.78 is 4.42. The number of rotatable bonds is 1. The van der Waals surface area contributed by atoms with Gasteiger partial charge in [-0.3, -0.25) is 9.13 Å². The molecule has 1 saturated heterocycles. The summed E-state index contributed by atoms with van der Waals surface area (Å²) in [6.45, 7) is 1.92. The highest BCUT2D eigenvalue weighted by atomic mass is 79.9. The maximum atomic E-state index is 12.3. The first-order valence-corrected chi connectivity index (χ1v) is 6.91. The van der Waals surface area contributed by atoms with E-state index >= 15 is 0 Å². The summed E-state index contributed by atoms with van der Waals surface area (Å²) in [5.41, 5.74) is 1.70. The number of hydrogen-bond donors (Lipinski definition) is 1. The highest BCUT2D eigenvalue weighted by molar-refractivity contribution is 9.10. The van der Waals surface area contributed by atoms with E-state index in [0.29, 0.717) is 0 Å². The molecule has 0 saturated carbocycles. The van der Waals surface area contributed by atoms with E-state index in [1.807, 2.05) is 10.6 Å². The third-order valence-electron chi connectivity index (χ3n) is 3.57. The molecular weight excluding hydrogens is 296 g/mol. The van der Waals surface area contributed by atoms with Crippen molar-refractivity contribution in [2.75, 3.05) is 13.1 Å². The molecule has 0 aromatic carbocycles. The molecule has 0 unspecified atom stereocenters. The smallest absolute Gasteiger partial charge is 0.317 e. The predicted molar refractivity (Wildman–Crippen MR) is 73.8 cm³/mol. The van der Waals surface area contributed by atoms with Gasteiger partial charge in [0, 0.05) is 23.8 Å². The molecule has 2 aromatic rings. The third-order valence-corrected chi connectivity index (χ3v) is 4.00. The summed E-state index contributed by atoms with van der Waals surface area (Å²) >= 11 is 3.40. The van der Waals surface area contributed by atoms with E-state index in [4.69, 9.17) is 0 Å². The summed E-state index contributed by atoms with van der Waals surface area (Å²) in [6, 6.07) is 2.21. The van der Waals surface area contributed by atoms with Crippen molar-refractivity contribution in [2.45, 2.75) is 18.9 Å². The third kappa shape index (κ3) is 1.80. The van der Waals surface area contributed by atoms with E-state index in [1.165, 1.54) is 0 Å². The van der Waals surface area contributed by atoms with Gasteiger partial charge in [0.2, 0.25) is 0 Å². The van der Waals surface area contributed by atoms with Crippen LogP contribution in [0.3, 0.4) is 0 Å². The van der Waals surface area contributed by atoms with E-state index in [1.54, 1.807) is 17.8 Å². The fourth-order valence-electron chi connectivity index (χ4n) is 2.60. The molecule has 0 aliphatic carbocycles. The van der Waals surface area contributed by atoms with Crippen LogP contribution in [0.5, 0.6) is 0 Å². The molecule has 1 fully saturated rings. The Bertz CT molecular complexity index is 639. The van der Waals surface area contributed by atoms with Crippen molar-refractivity contribution in [2.24, 2.45) is 7.05 Å². The number of nitrogens with one attached hydrogen (secondary N) is 1. The highest BCUT2D eigenvalue weighted by Crippen LogP contribution is 2.23. The van der Waals surface area contributed by atoms with Gasteiger partial charge in [-0.15, -0.1) is 0 Å². The minimum atomic E-state index is 0.0301. The van der Waals surface area contributed by atoms with Gasteiger partial charge in [0.05, 0.1) is 5.52 Å². The minimum Gasteiger partial charge on any atom is -0.317 e. The van der Waals surface area contributed by atoms with Crippen molar-refractivity contribution in [1.29, 1.82) is 0 Å². The highest BCUT2D eigenvalue weighted by Gasteiger charge is 2.21. The molecule has 96 valence electrons. The standard InChI is InChI=1S/C12H15BrN4O/c1-16-10-6-8(13)7-15-11(10)17(12(16)18)9-2-4-14-5-3-9/h6-7,9,14H,2-5H2,1H3. The van der Waals surface area contributed by atoms with Crippen molar-refractivity contribution in [1.82, 2.24) is 19.4 Å². The van der Waals surface area contributed by atoms with Gasteiger partial charge < -0.3 is 5.32 Å². The quantitative estimate of drug-likeness (QED) is 0.867. The van der Waals surface area contributed by atoms with Crippen LogP contribution in [0, 0.1) is 0 Å². The van der Waals surface area contributed by atoms with Crippen LogP contribution in [0.4, 0.5) is 0 Å². The molecule has 1 aliphatic rings. The molecule has 3 heterocycles. The van der Waals surface area contributed by atoms with Crippen LogP contribution in [0.2, 0.25) is 0 Å². The van der Waals surface area contributed by atoms with Crippen LogP contribution in [-0.4, -0.2) is 27.2 Å². The van der Waals surface area contributed by atoms with Crippen LogP contribution in [0.25, 0.3) is 11.2 Å². The fraction of sp³-hybridized carbons (Fsp3) is 0.500. The maximum Gasteiger partial charge on any atom is 0.330 e. The first-order chi connectivity index (χ1) is 8.68. The largest absolute Gasteiger partial charge is 0.330 e. The number of fused-ring (bicyclic) bond motifs is 1. The zero-order valence-corrected chi connectivity index (χ0v) is 11.8. The molecule has 3 rings (SSSR count). The van der Waals surface area contributed by atoms with Crippen molar-refractivity contribution >= 4 is 27.1 Å². The lowest BCUT2D eigenvalue weighted by Gasteiger charge is -2.23. The van der Waals surface area contributed by atoms with Gasteiger partial charge in [-0.25, -0.2) is 9.78 Å². The molecule has 6 heteroatoms. The summed E-state index contributed by atoms with van der Waals surface area (Å²) in [5.74, 6) is 0. The SMILES string of the molecule is Cn1c(=O)n(C2CCNCC2)c2ncc(Br)cc21. The normalized spacial score (nSPS) is 17.4. The number of hydrogen-bond acceptors (Lipinski definition) is 3. The van der Waals surface area contributed by atoms with E-state index in [2.05, 4.69) is 26.2 Å². The lowest BCUT2D eigenvalue weighted by atomic mass is 10.1. The van der Waals surface area contributed by atoms with Crippen LogP contribution in [-0.2, 0) is 7.05 Å². The second kappa shape index (κ2) is 4.51. The molecule has 0 atom stereocenters. The molecular formula is C12H15BrN4O. The number of imidazole rings is 1. The van der Waals surface area contributed by atoms with E-state index in [-0.39, 0.29) is 11.7 Å². The summed E-state index contributed by atoms with van der Waals surface area (Å²) in [7, 11) is 1.80. The predicted octanol–water partition coefficient (Wildman–Crippen LogP) is 1.42. The first kappa shape index (κ1) is 11.9. The van der Waals surface area contributed by atoms with Crippen LogP contribution in [0.1, 0.15) is 18.9 Å². The van der Waals surface area contributed by atoms with Gasteiger partial charge in [-0.1, -0.05) is 0 Å². The zero-order chi connectivity index (χ0) is 12.7. The Hall–Kier alpha value is -1.14. The summed E-state index contributed by atoms with van der Waals surface area (Å²) in [6.07, 6.45) is 3.72. The minimum absolute atomic E-state index is 0.0301. The molecule has 0 spiro atoms. The molecule has 0 bridgehead atoms. The lowest BCUT2D eigenvalue weighted by Crippen LogP contribution is -2.34. The molecule has 0 amide bonds. The Balaban J connectivity index is 2.22. The number of nitrogens with zero attached hydrogens (tertiary/aromatic N) is 3. The Morgan fingerprint density at radius 3 is 2.89 bits per heavy atom. The van der Waals surface area contributed by atoms with Crippen molar-refractivity contribution in [3.05, 3.63) is 27.2 Å². The lowest BCUT2D eigenvalue weighted by molar-refractivity contribution is 0.364. The van der Waals surface area contributed by atoms with E-state index in [9.17, 15) is 4.79 Å². The van der Waals surface area contributed by atoms with Crippen LogP contribution >= 0.6 is 15.9 Å². The topological polar surface area (TPSA) is 51.9 Å². The fourth-order valence-corrected chi connectivity index (χ4v) is 2.92. The summed E-state index contributed by atoms with van der Waals surface area (Å²) in [4.78, 5) is 16.8. The number of piperidine rings is 1. The van der Waals surface area contributed by atoms with Gasteiger partial charge in [0.25, 0.3) is 0 Å². The molecule has 1 N–H and O–H groups in total. The van der Waals surface area contributed by atoms with Gasteiger partial charge >= 0.3 is 5.69 Å². The number of aromatic nitrogens is 3. The molecule has 1 aliphatic heterocycles. The van der Waals surface area contributed by atoms with Crippen molar-refractivity contribution in [3.8, 4) is 0 Å². The Kier molecular flexibility index (Phi) is 2.99. The Morgan fingerprint density at radius 1 is 1.44 bits per heavy atom. The average molecular weight is 311 g/mol. The maximum absolute atomic E-state index is 12.3. The Labute approximate surface area is 113 Å². The van der Waals surface area contributed by atoms with Gasteiger partial charge in [0.15, 0.2) is 5.65 Å². The van der Waals surface area contributed by atoms with Crippen LogP contribution in [0.15, 0.2) is 21.5 Å². The van der Waals surface area contributed by atoms with E-state index in [0.717, 1.165) is 41.6 Å². The molecule has 0 radical (unpaired) electrons. The van der Waals surface area contributed by atoms with Gasteiger partial charge in [0.1, 0.15) is 0 Å². The monoisotopic (exact) mass is 310 g/mol. The number of pyridine rings is 1. The zero-order valence-electron chi connectivity index (χ0n) is 10.2.